The van der Waals surface area contributed by atoms with Crippen LogP contribution in [0.15, 0.2) is 109 Å². The highest BCUT2D eigenvalue weighted by molar-refractivity contribution is 5.84. The highest BCUT2D eigenvalue weighted by Crippen LogP contribution is 2.28. The van der Waals surface area contributed by atoms with E-state index in [0.29, 0.717) is 64.5 Å². The first-order valence-electron chi connectivity index (χ1n) is 19.5. The van der Waals surface area contributed by atoms with Gasteiger partial charge in [-0.15, -0.1) is 0 Å². The number of rotatable bonds is 10. The lowest BCUT2D eigenvalue weighted by Crippen LogP contribution is -2.19. The summed E-state index contributed by atoms with van der Waals surface area (Å²) in [5, 5.41) is 18.1. The van der Waals surface area contributed by atoms with Gasteiger partial charge in [0.2, 0.25) is 0 Å². The average molecular weight is 773 g/mol. The highest BCUT2D eigenvalue weighted by Gasteiger charge is 2.22. The minimum absolute atomic E-state index is 0.464. The topological polar surface area (TPSA) is 182 Å². The first-order chi connectivity index (χ1) is 28.7. The van der Waals surface area contributed by atoms with E-state index in [2.05, 4.69) is 45.1 Å². The molecule has 8 aromatic rings. The quantitative estimate of drug-likeness (QED) is 0.129. The molecule has 2 aliphatic rings. The van der Waals surface area contributed by atoms with E-state index < -0.39 is 0 Å². The molecule has 0 aliphatic carbocycles. The summed E-state index contributed by atoms with van der Waals surface area (Å²) in [7, 11) is 0. The normalized spacial score (nSPS) is 13.4. The molecule has 0 unspecified atom stereocenters. The van der Waals surface area contributed by atoms with Crippen LogP contribution in [-0.2, 0) is 61.7 Å². The van der Waals surface area contributed by atoms with E-state index in [9.17, 15) is 0 Å². The summed E-state index contributed by atoms with van der Waals surface area (Å²) in [5.74, 6) is 2.74. The third kappa shape index (κ3) is 7.61. The molecule has 2 aliphatic heterocycles. The summed E-state index contributed by atoms with van der Waals surface area (Å²) in [5.41, 5.74) is 22.2. The smallest absolute Gasteiger partial charge is 0.253 e. The molecular weight excluding hydrogens is 729 g/mol. The van der Waals surface area contributed by atoms with Crippen molar-refractivity contribution < 1.29 is 9.47 Å². The van der Waals surface area contributed by atoms with E-state index >= 15 is 0 Å². The molecule has 10 rings (SSSR count). The van der Waals surface area contributed by atoms with E-state index in [1.54, 1.807) is 9.36 Å². The molecule has 0 saturated carbocycles. The van der Waals surface area contributed by atoms with Gasteiger partial charge in [0.1, 0.15) is 11.6 Å². The lowest BCUT2D eigenvalue weighted by molar-refractivity contribution is 0.107. The fraction of sp³-hybridized carbons (Fsp3) is 0.227. The fourth-order valence-electron chi connectivity index (χ4n) is 7.40. The Hall–Kier alpha value is -6.58. The van der Waals surface area contributed by atoms with E-state index in [0.717, 1.165) is 79.9 Å². The SMILES string of the molecule is NCc1cccc2c1cnn2-c1nc2c(c(NCc3ccccc3)n1)CCOC2.NCc1cccc2c1cnn2-c1nc2c(c(NCc3ccccc3)n1)COCC2. The van der Waals surface area contributed by atoms with Crippen molar-refractivity contribution in [1.82, 2.24) is 39.5 Å². The third-order valence-corrected chi connectivity index (χ3v) is 10.5. The van der Waals surface area contributed by atoms with Gasteiger partial charge in [-0.05, 0) is 34.4 Å². The summed E-state index contributed by atoms with van der Waals surface area (Å²) in [6.45, 7) is 4.66. The Labute approximate surface area is 335 Å². The third-order valence-electron chi connectivity index (χ3n) is 10.5. The van der Waals surface area contributed by atoms with Gasteiger partial charge < -0.3 is 31.6 Å². The lowest BCUT2D eigenvalue weighted by Gasteiger charge is -2.20. The molecule has 14 nitrogen and oxygen atoms in total. The van der Waals surface area contributed by atoms with Crippen LogP contribution in [0.25, 0.3) is 33.7 Å². The van der Waals surface area contributed by atoms with Crippen LogP contribution in [0.1, 0.15) is 44.8 Å². The van der Waals surface area contributed by atoms with Crippen molar-refractivity contribution in [3.05, 3.63) is 154 Å². The first kappa shape index (κ1) is 37.0. The molecule has 292 valence electrons. The summed E-state index contributed by atoms with van der Waals surface area (Å²) in [6.07, 6.45) is 5.22. The van der Waals surface area contributed by atoms with Gasteiger partial charge in [-0.25, -0.2) is 9.97 Å². The molecule has 14 heteroatoms. The van der Waals surface area contributed by atoms with Crippen LogP contribution in [0.5, 0.6) is 0 Å². The fourth-order valence-corrected chi connectivity index (χ4v) is 7.40. The van der Waals surface area contributed by atoms with E-state index in [4.69, 9.17) is 40.9 Å². The molecule has 58 heavy (non-hydrogen) atoms. The van der Waals surface area contributed by atoms with E-state index in [-0.39, 0.29) is 0 Å². The molecule has 0 bridgehead atoms. The highest BCUT2D eigenvalue weighted by atomic mass is 16.5. The van der Waals surface area contributed by atoms with Crippen LogP contribution >= 0.6 is 0 Å². The van der Waals surface area contributed by atoms with Gasteiger partial charge in [-0.1, -0.05) is 84.9 Å². The Balaban J connectivity index is 0.000000150. The van der Waals surface area contributed by atoms with Crippen molar-refractivity contribution in [2.75, 3.05) is 23.8 Å². The van der Waals surface area contributed by atoms with E-state index in [1.807, 2.05) is 85.2 Å². The maximum absolute atomic E-state index is 5.88. The predicted octanol–water partition coefficient (Wildman–Crippen LogP) is 5.92. The number of ether oxygens (including phenoxy) is 2. The molecule has 0 radical (unpaired) electrons. The zero-order chi connectivity index (χ0) is 39.3. The minimum atomic E-state index is 0.464. The lowest BCUT2D eigenvalue weighted by atomic mass is 10.1. The maximum Gasteiger partial charge on any atom is 0.253 e. The molecule has 0 saturated heterocycles. The summed E-state index contributed by atoms with van der Waals surface area (Å²) < 4.78 is 14.9. The first-order valence-corrected chi connectivity index (χ1v) is 19.5. The van der Waals surface area contributed by atoms with Crippen LogP contribution in [0.3, 0.4) is 0 Å². The van der Waals surface area contributed by atoms with Crippen LogP contribution in [0, 0.1) is 0 Å². The number of hydrogen-bond donors (Lipinski definition) is 4. The number of anilines is 2. The average Bonchev–Trinajstić information content (AvgIpc) is 3.94. The van der Waals surface area contributed by atoms with Crippen molar-refractivity contribution in [1.29, 1.82) is 0 Å². The number of nitrogens with one attached hydrogen (secondary N) is 2. The molecule has 6 heterocycles. The molecule has 0 amide bonds. The Morgan fingerprint density at radius 3 is 1.62 bits per heavy atom. The number of fused-ring (bicyclic) bond motifs is 4. The zero-order valence-corrected chi connectivity index (χ0v) is 32.0. The molecule has 0 fully saturated rings. The Bertz CT molecular complexity index is 2490. The summed E-state index contributed by atoms with van der Waals surface area (Å²) >= 11 is 0. The molecule has 0 atom stereocenters. The maximum atomic E-state index is 5.88. The van der Waals surface area contributed by atoms with Gasteiger partial charge in [0, 0.05) is 60.9 Å². The second-order valence-electron chi connectivity index (χ2n) is 14.1. The van der Waals surface area contributed by atoms with E-state index in [1.165, 1.54) is 11.1 Å². The minimum Gasteiger partial charge on any atom is -0.376 e. The predicted molar refractivity (Wildman–Crippen MR) is 223 cm³/mol. The second kappa shape index (κ2) is 16.9. The second-order valence-corrected chi connectivity index (χ2v) is 14.1. The summed E-state index contributed by atoms with van der Waals surface area (Å²) in [6, 6.07) is 32.6. The van der Waals surface area contributed by atoms with Gasteiger partial charge in [0.05, 0.1) is 61.2 Å². The van der Waals surface area contributed by atoms with Gasteiger partial charge in [-0.3, -0.25) is 0 Å². The Kier molecular flexibility index (Phi) is 10.8. The van der Waals surface area contributed by atoms with Gasteiger partial charge in [-0.2, -0.15) is 29.5 Å². The number of aromatic nitrogens is 8. The van der Waals surface area contributed by atoms with Crippen molar-refractivity contribution in [2.45, 2.75) is 52.2 Å². The number of hydrogen-bond acceptors (Lipinski definition) is 12. The molecule has 4 aromatic carbocycles. The van der Waals surface area contributed by atoms with Crippen LogP contribution in [0.2, 0.25) is 0 Å². The zero-order valence-electron chi connectivity index (χ0n) is 32.0. The Morgan fingerprint density at radius 2 is 1.05 bits per heavy atom. The molecule has 6 N–H and O–H groups in total. The Morgan fingerprint density at radius 1 is 0.534 bits per heavy atom. The summed E-state index contributed by atoms with van der Waals surface area (Å²) in [4.78, 5) is 19.2. The molecule has 0 spiro atoms. The largest absolute Gasteiger partial charge is 0.376 e. The van der Waals surface area contributed by atoms with Crippen molar-refractivity contribution in [2.24, 2.45) is 11.5 Å². The van der Waals surface area contributed by atoms with Crippen LogP contribution < -0.4 is 22.1 Å². The van der Waals surface area contributed by atoms with Crippen molar-refractivity contribution in [3.63, 3.8) is 0 Å². The number of nitrogens with two attached hydrogens (primary N) is 2. The number of nitrogens with zero attached hydrogens (tertiary/aromatic N) is 8. The van der Waals surface area contributed by atoms with Crippen LogP contribution in [0.4, 0.5) is 11.6 Å². The standard InChI is InChI=1S/2C22H22N6O/c23-11-16-7-4-8-20-17(16)13-25-28(20)22-26-19-9-10-29-14-18(19)21(27-22)24-12-15-5-2-1-3-6-15;23-11-16-7-4-8-20-18(16)13-25-28(20)22-26-19-14-29-10-9-17(19)21(27-22)24-12-15-5-2-1-3-6-15/h2*1-8,13H,9-12,14,23H2,(H,24,26,27). The van der Waals surface area contributed by atoms with Crippen molar-refractivity contribution in [3.8, 4) is 11.9 Å². The monoisotopic (exact) mass is 772 g/mol. The van der Waals surface area contributed by atoms with Gasteiger partial charge in [0.15, 0.2) is 0 Å². The molecular formula is C44H44N12O2. The molecule has 4 aromatic heterocycles. The number of benzene rings is 4. The van der Waals surface area contributed by atoms with Gasteiger partial charge >= 0.3 is 0 Å². The van der Waals surface area contributed by atoms with Crippen LogP contribution in [-0.4, -0.2) is 52.7 Å². The van der Waals surface area contributed by atoms with Crippen molar-refractivity contribution >= 4 is 33.4 Å². The van der Waals surface area contributed by atoms with Gasteiger partial charge in [0.25, 0.3) is 11.9 Å².